The first kappa shape index (κ1) is 17.5. The van der Waals surface area contributed by atoms with Crippen molar-refractivity contribution in [3.63, 3.8) is 0 Å². The summed E-state index contributed by atoms with van der Waals surface area (Å²) in [6, 6.07) is 6.55. The van der Waals surface area contributed by atoms with Gasteiger partial charge in [0.15, 0.2) is 10.5 Å². The number of carbonyl (C=O) groups is 1. The van der Waals surface area contributed by atoms with Crippen molar-refractivity contribution in [1.82, 2.24) is 14.3 Å². The van der Waals surface area contributed by atoms with E-state index in [0.29, 0.717) is 30.1 Å². The van der Waals surface area contributed by atoms with Crippen molar-refractivity contribution in [3.8, 4) is 0 Å². The van der Waals surface area contributed by atoms with Crippen molar-refractivity contribution in [2.45, 2.75) is 20.4 Å². The second kappa shape index (κ2) is 7.28. The number of amides is 1. The van der Waals surface area contributed by atoms with Gasteiger partial charge in [-0.3, -0.25) is 9.48 Å². The number of benzene rings is 1. The zero-order valence-corrected chi connectivity index (χ0v) is 15.1. The Morgan fingerprint density at radius 2 is 2.24 bits per heavy atom. The number of para-hydroxylation sites is 1. The SMILES string of the molecule is CCOCCn1c(=NC(=O)c2cc(C)n(C)n2)sc2cccc(F)c21. The van der Waals surface area contributed by atoms with Crippen LogP contribution in [0.5, 0.6) is 0 Å². The van der Waals surface area contributed by atoms with Crippen LogP contribution in [-0.2, 0) is 18.3 Å². The van der Waals surface area contributed by atoms with Crippen molar-refractivity contribution in [2.24, 2.45) is 12.0 Å². The van der Waals surface area contributed by atoms with E-state index in [1.165, 1.54) is 17.4 Å². The molecule has 0 saturated carbocycles. The summed E-state index contributed by atoms with van der Waals surface area (Å²) in [5, 5.41) is 4.15. The second-order valence-corrected chi connectivity index (χ2v) is 6.54. The Balaban J connectivity index is 2.08. The fourth-order valence-corrected chi connectivity index (χ4v) is 3.56. The van der Waals surface area contributed by atoms with Crippen molar-refractivity contribution in [1.29, 1.82) is 0 Å². The third-order valence-corrected chi connectivity index (χ3v) is 4.89. The molecule has 132 valence electrons. The summed E-state index contributed by atoms with van der Waals surface area (Å²) in [5.74, 6) is -0.784. The lowest BCUT2D eigenvalue weighted by Crippen LogP contribution is -2.20. The maximum Gasteiger partial charge on any atom is 0.300 e. The van der Waals surface area contributed by atoms with E-state index in [4.69, 9.17) is 4.74 Å². The predicted octanol–water partition coefficient (Wildman–Crippen LogP) is 2.66. The molecule has 0 radical (unpaired) electrons. The second-order valence-electron chi connectivity index (χ2n) is 5.53. The summed E-state index contributed by atoms with van der Waals surface area (Å²) in [5.41, 5.74) is 1.58. The number of rotatable bonds is 5. The molecule has 0 aliphatic carbocycles. The smallest absolute Gasteiger partial charge is 0.300 e. The largest absolute Gasteiger partial charge is 0.380 e. The predicted molar refractivity (Wildman–Crippen MR) is 94.1 cm³/mol. The number of thiazole rings is 1. The van der Waals surface area contributed by atoms with E-state index in [1.54, 1.807) is 28.4 Å². The van der Waals surface area contributed by atoms with E-state index >= 15 is 0 Å². The summed E-state index contributed by atoms with van der Waals surface area (Å²) in [4.78, 5) is 17.1. The standard InChI is InChI=1S/C17H19FN4O2S/c1-4-24-9-8-22-15-12(18)6-5-7-14(15)25-17(22)19-16(23)13-10-11(2)21(3)20-13/h5-7,10H,4,8-9H2,1-3H3. The molecule has 0 N–H and O–H groups in total. The molecule has 1 amide bonds. The minimum Gasteiger partial charge on any atom is -0.380 e. The average molecular weight is 362 g/mol. The molecule has 2 aromatic heterocycles. The van der Waals surface area contributed by atoms with Gasteiger partial charge in [-0.1, -0.05) is 17.4 Å². The lowest BCUT2D eigenvalue weighted by Gasteiger charge is -2.05. The average Bonchev–Trinajstić information content (AvgIpc) is 3.09. The van der Waals surface area contributed by atoms with E-state index in [0.717, 1.165) is 10.4 Å². The van der Waals surface area contributed by atoms with E-state index in [9.17, 15) is 9.18 Å². The summed E-state index contributed by atoms with van der Waals surface area (Å²) in [6.07, 6.45) is 0. The van der Waals surface area contributed by atoms with E-state index in [2.05, 4.69) is 10.1 Å². The Kier molecular flexibility index (Phi) is 5.10. The summed E-state index contributed by atoms with van der Waals surface area (Å²) >= 11 is 1.28. The highest BCUT2D eigenvalue weighted by Gasteiger charge is 2.14. The van der Waals surface area contributed by atoms with Gasteiger partial charge in [0.05, 0.1) is 16.8 Å². The number of halogens is 1. The topological polar surface area (TPSA) is 61.4 Å². The van der Waals surface area contributed by atoms with Gasteiger partial charge in [0.2, 0.25) is 0 Å². The fraction of sp³-hybridized carbons (Fsp3) is 0.353. The van der Waals surface area contributed by atoms with Gasteiger partial charge < -0.3 is 9.30 Å². The molecule has 6 nitrogen and oxygen atoms in total. The zero-order chi connectivity index (χ0) is 18.0. The molecule has 0 atom stereocenters. The highest BCUT2D eigenvalue weighted by Crippen LogP contribution is 2.20. The van der Waals surface area contributed by atoms with Gasteiger partial charge in [-0.2, -0.15) is 10.1 Å². The van der Waals surface area contributed by atoms with Crippen molar-refractivity contribution in [2.75, 3.05) is 13.2 Å². The van der Waals surface area contributed by atoms with Crippen LogP contribution in [0, 0.1) is 12.7 Å². The van der Waals surface area contributed by atoms with Crippen LogP contribution in [0.3, 0.4) is 0 Å². The summed E-state index contributed by atoms with van der Waals surface area (Å²) < 4.78 is 23.7. The van der Waals surface area contributed by atoms with Crippen LogP contribution in [0.4, 0.5) is 4.39 Å². The lowest BCUT2D eigenvalue weighted by atomic mass is 10.3. The number of aryl methyl sites for hydroxylation is 2. The number of carbonyl (C=O) groups excluding carboxylic acids is 1. The van der Waals surface area contributed by atoms with E-state index in [1.807, 2.05) is 19.9 Å². The number of fused-ring (bicyclic) bond motifs is 1. The molecule has 0 saturated heterocycles. The van der Waals surface area contributed by atoms with Crippen LogP contribution in [0.25, 0.3) is 10.2 Å². The third-order valence-electron chi connectivity index (χ3n) is 3.85. The Hall–Kier alpha value is -2.32. The number of nitrogens with zero attached hydrogens (tertiary/aromatic N) is 4. The molecule has 1 aromatic carbocycles. The number of aromatic nitrogens is 3. The quantitative estimate of drug-likeness (QED) is 0.656. The normalized spacial score (nSPS) is 12.2. The maximum atomic E-state index is 14.3. The molecule has 0 unspecified atom stereocenters. The first-order valence-corrected chi connectivity index (χ1v) is 8.78. The minimum atomic E-state index is -0.444. The first-order valence-electron chi connectivity index (χ1n) is 7.96. The minimum absolute atomic E-state index is 0.272. The van der Waals surface area contributed by atoms with Crippen LogP contribution >= 0.6 is 11.3 Å². The van der Waals surface area contributed by atoms with Crippen LogP contribution in [-0.4, -0.2) is 33.5 Å². The molecular formula is C17H19FN4O2S. The fourth-order valence-electron chi connectivity index (χ4n) is 2.49. The lowest BCUT2D eigenvalue weighted by molar-refractivity contribution is 0.0991. The highest BCUT2D eigenvalue weighted by molar-refractivity contribution is 7.16. The molecule has 25 heavy (non-hydrogen) atoms. The van der Waals surface area contributed by atoms with Crippen LogP contribution in [0.2, 0.25) is 0 Å². The van der Waals surface area contributed by atoms with Gasteiger partial charge in [-0.25, -0.2) is 4.39 Å². The van der Waals surface area contributed by atoms with Crippen LogP contribution < -0.4 is 4.80 Å². The van der Waals surface area contributed by atoms with Gasteiger partial charge in [-0.05, 0) is 32.0 Å². The van der Waals surface area contributed by atoms with Crippen molar-refractivity contribution < 1.29 is 13.9 Å². The molecule has 0 fully saturated rings. The number of hydrogen-bond acceptors (Lipinski definition) is 4. The van der Waals surface area contributed by atoms with Gasteiger partial charge in [0.1, 0.15) is 5.82 Å². The molecular weight excluding hydrogens is 343 g/mol. The Morgan fingerprint density at radius 1 is 1.44 bits per heavy atom. The number of ether oxygens (including phenoxy) is 1. The first-order chi connectivity index (χ1) is 12.0. The van der Waals surface area contributed by atoms with Crippen LogP contribution in [0.1, 0.15) is 23.1 Å². The van der Waals surface area contributed by atoms with Crippen molar-refractivity contribution in [3.05, 3.63) is 46.3 Å². The molecule has 3 aromatic rings. The van der Waals surface area contributed by atoms with Gasteiger partial charge >= 0.3 is 0 Å². The van der Waals surface area contributed by atoms with Gasteiger partial charge in [0, 0.05) is 25.9 Å². The van der Waals surface area contributed by atoms with Crippen LogP contribution in [0.15, 0.2) is 29.3 Å². The zero-order valence-electron chi connectivity index (χ0n) is 14.3. The Labute approximate surface area is 148 Å². The van der Waals surface area contributed by atoms with E-state index in [-0.39, 0.29) is 11.5 Å². The monoisotopic (exact) mass is 362 g/mol. The van der Waals surface area contributed by atoms with E-state index < -0.39 is 5.91 Å². The maximum absolute atomic E-state index is 14.3. The summed E-state index contributed by atoms with van der Waals surface area (Å²) in [7, 11) is 1.77. The Morgan fingerprint density at radius 3 is 2.92 bits per heavy atom. The molecule has 0 aliphatic heterocycles. The van der Waals surface area contributed by atoms with Gasteiger partial charge in [0.25, 0.3) is 5.91 Å². The molecule has 8 heteroatoms. The molecule has 0 aliphatic rings. The number of hydrogen-bond donors (Lipinski definition) is 0. The Bertz CT molecular complexity index is 967. The molecule has 2 heterocycles. The molecule has 3 rings (SSSR count). The van der Waals surface area contributed by atoms with Crippen molar-refractivity contribution >= 4 is 27.5 Å². The molecule has 0 bridgehead atoms. The van der Waals surface area contributed by atoms with Gasteiger partial charge in [-0.15, -0.1) is 0 Å². The third kappa shape index (κ3) is 3.54. The highest BCUT2D eigenvalue weighted by atomic mass is 32.1. The summed E-state index contributed by atoms with van der Waals surface area (Å²) in [6.45, 7) is 5.17. The molecule has 0 spiro atoms.